The third kappa shape index (κ3) is 3.48. The summed E-state index contributed by atoms with van der Waals surface area (Å²) in [5.74, 6) is 1.09. The molecule has 0 radical (unpaired) electrons. The number of nitrogens with zero attached hydrogens (tertiary/aromatic N) is 1. The zero-order valence-corrected chi connectivity index (χ0v) is 11.7. The zero-order valence-electron chi connectivity index (χ0n) is 10.8. The number of rotatable bonds is 4. The maximum absolute atomic E-state index is 10.8. The molecule has 1 atom stereocenters. The van der Waals surface area contributed by atoms with Crippen molar-refractivity contribution in [3.05, 3.63) is 35.9 Å². The molecule has 4 heteroatoms. The Bertz CT molecular complexity index is 360. The number of aliphatic hydroxyl groups is 1. The molecule has 0 bridgehead atoms. The van der Waals surface area contributed by atoms with Gasteiger partial charge in [0.15, 0.2) is 0 Å². The van der Waals surface area contributed by atoms with Gasteiger partial charge in [0.05, 0.1) is 13.2 Å². The van der Waals surface area contributed by atoms with Crippen LogP contribution in [-0.2, 0) is 10.3 Å². The molecule has 1 unspecified atom stereocenters. The van der Waals surface area contributed by atoms with Crippen molar-refractivity contribution in [2.24, 2.45) is 0 Å². The highest BCUT2D eigenvalue weighted by molar-refractivity contribution is 7.97. The fourth-order valence-electron chi connectivity index (χ4n) is 2.08. The van der Waals surface area contributed by atoms with Crippen LogP contribution in [0.4, 0.5) is 0 Å². The van der Waals surface area contributed by atoms with Gasteiger partial charge < -0.3 is 9.84 Å². The average molecular weight is 267 g/mol. The third-order valence-electron chi connectivity index (χ3n) is 3.05. The minimum Gasteiger partial charge on any atom is -0.381 e. The van der Waals surface area contributed by atoms with Crippen LogP contribution in [0, 0.1) is 0 Å². The molecule has 100 valence electrons. The summed E-state index contributed by atoms with van der Waals surface area (Å²) in [4.78, 5) is 0. The summed E-state index contributed by atoms with van der Waals surface area (Å²) >= 11 is 1.80. The zero-order chi connectivity index (χ0) is 12.8. The van der Waals surface area contributed by atoms with Gasteiger partial charge >= 0.3 is 0 Å². The topological polar surface area (TPSA) is 32.7 Å². The van der Waals surface area contributed by atoms with Crippen LogP contribution in [-0.4, -0.2) is 41.5 Å². The molecular weight excluding hydrogens is 246 g/mol. The first-order chi connectivity index (χ1) is 8.74. The van der Waals surface area contributed by atoms with Crippen molar-refractivity contribution in [1.29, 1.82) is 0 Å². The number of benzene rings is 1. The number of hydrogen-bond donors (Lipinski definition) is 1. The van der Waals surface area contributed by atoms with Gasteiger partial charge in [0.25, 0.3) is 0 Å². The van der Waals surface area contributed by atoms with E-state index in [0.29, 0.717) is 19.8 Å². The largest absolute Gasteiger partial charge is 0.381 e. The lowest BCUT2D eigenvalue weighted by molar-refractivity contribution is -0.0357. The summed E-state index contributed by atoms with van der Waals surface area (Å²) in [6.45, 7) is 4.73. The molecular formula is C14H21NO2S. The molecule has 1 saturated heterocycles. The molecule has 3 nitrogen and oxygen atoms in total. The summed E-state index contributed by atoms with van der Waals surface area (Å²) in [5.41, 5.74) is 0.0485. The molecule has 2 rings (SSSR count). The van der Waals surface area contributed by atoms with Crippen molar-refractivity contribution < 1.29 is 9.84 Å². The first-order valence-corrected chi connectivity index (χ1v) is 7.42. The van der Waals surface area contributed by atoms with Gasteiger partial charge in [-0.05, 0) is 12.0 Å². The summed E-state index contributed by atoms with van der Waals surface area (Å²) in [7, 11) is 0. The Morgan fingerprint density at radius 1 is 1.39 bits per heavy atom. The van der Waals surface area contributed by atoms with Crippen molar-refractivity contribution in [3.8, 4) is 0 Å². The van der Waals surface area contributed by atoms with Crippen molar-refractivity contribution in [2.45, 2.75) is 18.9 Å². The van der Waals surface area contributed by atoms with Crippen LogP contribution in [0.3, 0.4) is 0 Å². The van der Waals surface area contributed by atoms with Crippen LogP contribution in [0.25, 0.3) is 0 Å². The Balaban J connectivity index is 2.10. The lowest BCUT2D eigenvalue weighted by atomic mass is 9.95. The minimum absolute atomic E-state index is 0.375. The van der Waals surface area contributed by atoms with Crippen LogP contribution >= 0.6 is 11.9 Å². The van der Waals surface area contributed by atoms with Crippen LogP contribution in [0.5, 0.6) is 0 Å². The van der Waals surface area contributed by atoms with E-state index in [1.54, 1.807) is 11.9 Å². The van der Waals surface area contributed by atoms with E-state index in [-0.39, 0.29) is 0 Å². The van der Waals surface area contributed by atoms with Gasteiger partial charge in [-0.25, -0.2) is 4.31 Å². The smallest absolute Gasteiger partial charge is 0.126 e. The lowest BCUT2D eigenvalue weighted by Gasteiger charge is -2.30. The van der Waals surface area contributed by atoms with Crippen LogP contribution in [0.15, 0.2) is 30.3 Å². The second-order valence-corrected chi connectivity index (χ2v) is 5.83. The Morgan fingerprint density at radius 3 is 2.89 bits per heavy atom. The Labute approximate surface area is 113 Å². The summed E-state index contributed by atoms with van der Waals surface area (Å²) < 4.78 is 7.80. The molecule has 0 spiro atoms. The molecule has 1 N–H and O–H groups in total. The van der Waals surface area contributed by atoms with Gasteiger partial charge in [-0.3, -0.25) is 0 Å². The van der Waals surface area contributed by atoms with E-state index in [9.17, 15) is 5.11 Å². The van der Waals surface area contributed by atoms with Crippen LogP contribution in [0.2, 0.25) is 0 Å². The second-order valence-electron chi connectivity index (χ2n) is 4.65. The first kappa shape index (κ1) is 13.9. The monoisotopic (exact) mass is 267 g/mol. The average Bonchev–Trinajstić information content (AvgIpc) is 2.60. The molecule has 0 aromatic heterocycles. The standard InChI is InChI=1S/C14H21NO2S/c1-2-10-18-15-8-9-17-12-14(16,11-15)13-6-4-3-5-7-13/h3-7,16H,2,8-12H2,1H3. The van der Waals surface area contributed by atoms with E-state index >= 15 is 0 Å². The van der Waals surface area contributed by atoms with Gasteiger partial charge in [0.2, 0.25) is 0 Å². The van der Waals surface area contributed by atoms with Gasteiger partial charge in [-0.15, -0.1) is 0 Å². The number of ether oxygens (including phenoxy) is 1. The van der Waals surface area contributed by atoms with Crippen LogP contribution in [0.1, 0.15) is 18.9 Å². The fraction of sp³-hybridized carbons (Fsp3) is 0.571. The summed E-state index contributed by atoms with van der Waals surface area (Å²) in [5, 5.41) is 10.8. The highest BCUT2D eigenvalue weighted by Crippen LogP contribution is 2.27. The van der Waals surface area contributed by atoms with Gasteiger partial charge in [0.1, 0.15) is 5.60 Å². The molecule has 1 aliphatic rings. The normalized spacial score (nSPS) is 25.9. The van der Waals surface area contributed by atoms with Crippen molar-refractivity contribution in [1.82, 2.24) is 4.31 Å². The van der Waals surface area contributed by atoms with E-state index in [0.717, 1.165) is 24.3 Å². The van der Waals surface area contributed by atoms with E-state index < -0.39 is 5.60 Å². The Hall–Kier alpha value is -0.550. The lowest BCUT2D eigenvalue weighted by Crippen LogP contribution is -2.39. The van der Waals surface area contributed by atoms with E-state index in [4.69, 9.17) is 4.74 Å². The predicted octanol–water partition coefficient (Wildman–Crippen LogP) is 2.26. The van der Waals surface area contributed by atoms with Gasteiger partial charge in [-0.2, -0.15) is 0 Å². The molecule has 0 aliphatic carbocycles. The van der Waals surface area contributed by atoms with Crippen molar-refractivity contribution in [2.75, 3.05) is 32.1 Å². The quantitative estimate of drug-likeness (QED) is 0.848. The number of hydrogen-bond acceptors (Lipinski definition) is 4. The highest BCUT2D eigenvalue weighted by Gasteiger charge is 2.34. The summed E-state index contributed by atoms with van der Waals surface area (Å²) in [6, 6.07) is 9.83. The second kappa shape index (κ2) is 6.57. The minimum atomic E-state index is -0.890. The molecule has 1 aromatic carbocycles. The maximum atomic E-state index is 10.8. The molecule has 1 aromatic rings. The SMILES string of the molecule is CCCSN1CCOCC(O)(c2ccccc2)C1. The van der Waals surface area contributed by atoms with Gasteiger partial charge in [0, 0.05) is 18.8 Å². The molecule has 0 saturated carbocycles. The molecule has 0 amide bonds. The van der Waals surface area contributed by atoms with E-state index in [1.807, 2.05) is 30.3 Å². The maximum Gasteiger partial charge on any atom is 0.126 e. The van der Waals surface area contributed by atoms with Crippen molar-refractivity contribution in [3.63, 3.8) is 0 Å². The predicted molar refractivity (Wildman–Crippen MR) is 75.5 cm³/mol. The molecule has 1 fully saturated rings. The summed E-state index contributed by atoms with van der Waals surface area (Å²) in [6.07, 6.45) is 1.14. The number of β-amino-alcohol motifs (C(OH)–C–C–N with tert-alkyl or cyclic N) is 1. The van der Waals surface area contributed by atoms with E-state index in [1.165, 1.54) is 0 Å². The first-order valence-electron chi connectivity index (χ1n) is 6.48. The van der Waals surface area contributed by atoms with E-state index in [2.05, 4.69) is 11.2 Å². The third-order valence-corrected chi connectivity index (χ3v) is 4.32. The fourth-order valence-corrected chi connectivity index (χ4v) is 3.03. The van der Waals surface area contributed by atoms with Gasteiger partial charge in [-0.1, -0.05) is 49.2 Å². The Kier molecular flexibility index (Phi) is 5.06. The highest BCUT2D eigenvalue weighted by atomic mass is 32.2. The van der Waals surface area contributed by atoms with Crippen LogP contribution < -0.4 is 0 Å². The Morgan fingerprint density at radius 2 is 2.17 bits per heavy atom. The molecule has 18 heavy (non-hydrogen) atoms. The molecule has 1 aliphatic heterocycles. The molecule has 1 heterocycles. The van der Waals surface area contributed by atoms with Crippen molar-refractivity contribution >= 4 is 11.9 Å².